The first kappa shape index (κ1) is 18.5. The Morgan fingerprint density at radius 3 is 2.58 bits per heavy atom. The van der Waals surface area contributed by atoms with Gasteiger partial charge in [-0.2, -0.15) is 0 Å². The molecular formula is C18H28N2O4. The molecule has 2 atom stereocenters. The fraction of sp³-hybridized carbons (Fsp3) is 0.611. The SMILES string of the molecule is COc1ccc(CN2C[C@@H](CC(=O)N(C)C)[C@H](O)C2)c(C)c1OC. The third-order valence-electron chi connectivity index (χ3n) is 4.72. The molecule has 1 fully saturated rings. The maximum Gasteiger partial charge on any atom is 0.222 e. The largest absolute Gasteiger partial charge is 0.493 e. The highest BCUT2D eigenvalue weighted by Crippen LogP contribution is 2.34. The number of nitrogens with zero attached hydrogens (tertiary/aromatic N) is 2. The van der Waals surface area contributed by atoms with Gasteiger partial charge in [0.05, 0.1) is 20.3 Å². The molecule has 1 amide bonds. The molecule has 6 nitrogen and oxygen atoms in total. The molecule has 0 saturated carbocycles. The van der Waals surface area contributed by atoms with Gasteiger partial charge in [-0.25, -0.2) is 0 Å². The zero-order chi connectivity index (χ0) is 17.9. The number of rotatable bonds is 6. The molecule has 1 aromatic carbocycles. The minimum Gasteiger partial charge on any atom is -0.493 e. The van der Waals surface area contributed by atoms with E-state index in [1.807, 2.05) is 19.1 Å². The van der Waals surface area contributed by atoms with Crippen LogP contribution in [-0.4, -0.2) is 68.3 Å². The van der Waals surface area contributed by atoms with Gasteiger partial charge in [0.25, 0.3) is 0 Å². The van der Waals surface area contributed by atoms with Crippen molar-refractivity contribution in [2.75, 3.05) is 41.4 Å². The third kappa shape index (κ3) is 3.99. The summed E-state index contributed by atoms with van der Waals surface area (Å²) in [5.41, 5.74) is 2.18. The van der Waals surface area contributed by atoms with Gasteiger partial charge in [0.2, 0.25) is 5.91 Å². The Kier molecular flexibility index (Phi) is 6.07. The molecule has 0 aliphatic carbocycles. The summed E-state index contributed by atoms with van der Waals surface area (Å²) in [6.45, 7) is 4.03. The molecule has 134 valence electrons. The van der Waals surface area contributed by atoms with Crippen molar-refractivity contribution in [2.24, 2.45) is 5.92 Å². The van der Waals surface area contributed by atoms with Gasteiger partial charge in [0.15, 0.2) is 11.5 Å². The van der Waals surface area contributed by atoms with Crippen LogP contribution in [0.3, 0.4) is 0 Å². The predicted octanol–water partition coefficient (Wildman–Crippen LogP) is 1.28. The lowest BCUT2D eigenvalue weighted by atomic mass is 10.0. The molecule has 0 unspecified atom stereocenters. The van der Waals surface area contributed by atoms with E-state index in [9.17, 15) is 9.90 Å². The molecule has 0 aromatic heterocycles. The second-order valence-electron chi connectivity index (χ2n) is 6.60. The fourth-order valence-electron chi connectivity index (χ4n) is 3.21. The highest BCUT2D eigenvalue weighted by atomic mass is 16.5. The average Bonchev–Trinajstić information content (AvgIpc) is 2.88. The molecule has 1 aliphatic heterocycles. The van der Waals surface area contributed by atoms with Crippen LogP contribution in [0, 0.1) is 12.8 Å². The molecule has 24 heavy (non-hydrogen) atoms. The molecule has 1 N–H and O–H groups in total. The van der Waals surface area contributed by atoms with Crippen LogP contribution in [0.25, 0.3) is 0 Å². The van der Waals surface area contributed by atoms with Crippen LogP contribution in [-0.2, 0) is 11.3 Å². The Morgan fingerprint density at radius 2 is 2.00 bits per heavy atom. The molecule has 1 heterocycles. The minimum absolute atomic E-state index is 0.0136. The Bertz CT molecular complexity index is 589. The van der Waals surface area contributed by atoms with Crippen LogP contribution in [0.4, 0.5) is 0 Å². The van der Waals surface area contributed by atoms with Gasteiger partial charge < -0.3 is 19.5 Å². The van der Waals surface area contributed by atoms with Crippen LogP contribution >= 0.6 is 0 Å². The monoisotopic (exact) mass is 336 g/mol. The summed E-state index contributed by atoms with van der Waals surface area (Å²) in [7, 11) is 6.75. The first-order valence-corrected chi connectivity index (χ1v) is 8.18. The number of methoxy groups -OCH3 is 2. The van der Waals surface area contributed by atoms with E-state index in [2.05, 4.69) is 4.90 Å². The Morgan fingerprint density at radius 1 is 1.29 bits per heavy atom. The van der Waals surface area contributed by atoms with Crippen molar-refractivity contribution in [1.82, 2.24) is 9.80 Å². The fourth-order valence-corrected chi connectivity index (χ4v) is 3.21. The second-order valence-corrected chi connectivity index (χ2v) is 6.60. The van der Waals surface area contributed by atoms with E-state index >= 15 is 0 Å². The van der Waals surface area contributed by atoms with Crippen molar-refractivity contribution >= 4 is 5.91 Å². The summed E-state index contributed by atoms with van der Waals surface area (Å²) in [6.07, 6.45) is -0.0791. The van der Waals surface area contributed by atoms with Gasteiger partial charge in [0, 0.05) is 46.1 Å². The van der Waals surface area contributed by atoms with E-state index < -0.39 is 6.10 Å². The molecule has 6 heteroatoms. The second kappa shape index (κ2) is 7.85. The smallest absolute Gasteiger partial charge is 0.222 e. The molecule has 0 radical (unpaired) electrons. The summed E-state index contributed by atoms with van der Waals surface area (Å²) in [5.74, 6) is 1.51. The molecule has 1 aromatic rings. The maximum absolute atomic E-state index is 11.9. The maximum atomic E-state index is 11.9. The molecule has 0 bridgehead atoms. The number of aliphatic hydroxyl groups is 1. The lowest BCUT2D eigenvalue weighted by Gasteiger charge is -2.20. The van der Waals surface area contributed by atoms with Crippen molar-refractivity contribution < 1.29 is 19.4 Å². The van der Waals surface area contributed by atoms with Crippen LogP contribution in [0.2, 0.25) is 0 Å². The number of hydrogen-bond acceptors (Lipinski definition) is 5. The van der Waals surface area contributed by atoms with E-state index in [0.29, 0.717) is 19.5 Å². The molecule has 1 aliphatic rings. The first-order chi connectivity index (χ1) is 11.4. The number of carbonyl (C=O) groups excluding carboxylic acids is 1. The standard InChI is InChI=1S/C18H28N2O4/c1-12-13(6-7-16(23-4)18(12)24-5)9-20-10-14(15(21)11-20)8-17(22)19(2)3/h6-7,14-15,21H,8-11H2,1-5H3/t14-,15-/m1/s1. The van der Waals surface area contributed by atoms with Gasteiger partial charge in [-0.05, 0) is 24.1 Å². The summed E-state index contributed by atoms with van der Waals surface area (Å²) in [4.78, 5) is 15.6. The normalized spacial score (nSPS) is 20.9. The highest BCUT2D eigenvalue weighted by molar-refractivity contribution is 5.75. The predicted molar refractivity (Wildman–Crippen MR) is 92.4 cm³/mol. The number of ether oxygens (including phenoxy) is 2. The van der Waals surface area contributed by atoms with Crippen molar-refractivity contribution in [1.29, 1.82) is 0 Å². The zero-order valence-corrected chi connectivity index (χ0v) is 15.2. The number of carbonyl (C=O) groups is 1. The number of benzene rings is 1. The van der Waals surface area contributed by atoms with E-state index in [1.54, 1.807) is 33.2 Å². The van der Waals surface area contributed by atoms with E-state index in [-0.39, 0.29) is 11.8 Å². The summed E-state index contributed by atoms with van der Waals surface area (Å²) in [5, 5.41) is 10.3. The minimum atomic E-state index is -0.464. The Balaban J connectivity index is 2.06. The van der Waals surface area contributed by atoms with Crippen LogP contribution < -0.4 is 9.47 Å². The quantitative estimate of drug-likeness (QED) is 0.848. The van der Waals surface area contributed by atoms with Gasteiger partial charge in [-0.3, -0.25) is 9.69 Å². The van der Waals surface area contributed by atoms with Gasteiger partial charge in [-0.1, -0.05) is 6.07 Å². The molecular weight excluding hydrogens is 308 g/mol. The molecule has 2 rings (SSSR count). The van der Waals surface area contributed by atoms with Crippen LogP contribution in [0.5, 0.6) is 11.5 Å². The van der Waals surface area contributed by atoms with E-state index in [4.69, 9.17) is 9.47 Å². The van der Waals surface area contributed by atoms with Gasteiger partial charge in [0.1, 0.15) is 0 Å². The zero-order valence-electron chi connectivity index (χ0n) is 15.2. The highest BCUT2D eigenvalue weighted by Gasteiger charge is 2.33. The van der Waals surface area contributed by atoms with Gasteiger partial charge in [-0.15, -0.1) is 0 Å². The number of β-amino-alcohol motifs (C(OH)–C–C–N with tert-alkyl or cyclic N) is 1. The molecule has 1 saturated heterocycles. The van der Waals surface area contributed by atoms with Crippen molar-refractivity contribution in [3.63, 3.8) is 0 Å². The number of aliphatic hydroxyl groups excluding tert-OH is 1. The Hall–Kier alpha value is -1.79. The molecule has 0 spiro atoms. The van der Waals surface area contributed by atoms with Crippen molar-refractivity contribution in [3.8, 4) is 11.5 Å². The van der Waals surface area contributed by atoms with Crippen LogP contribution in [0.1, 0.15) is 17.5 Å². The summed E-state index contributed by atoms with van der Waals surface area (Å²) < 4.78 is 10.8. The van der Waals surface area contributed by atoms with E-state index in [0.717, 1.165) is 29.2 Å². The van der Waals surface area contributed by atoms with Crippen molar-refractivity contribution in [2.45, 2.75) is 26.0 Å². The lowest BCUT2D eigenvalue weighted by molar-refractivity contribution is -0.130. The van der Waals surface area contributed by atoms with Gasteiger partial charge >= 0.3 is 0 Å². The summed E-state index contributed by atoms with van der Waals surface area (Å²) in [6, 6.07) is 3.93. The third-order valence-corrected chi connectivity index (χ3v) is 4.72. The summed E-state index contributed by atoms with van der Waals surface area (Å²) >= 11 is 0. The first-order valence-electron chi connectivity index (χ1n) is 8.18. The number of hydrogen-bond donors (Lipinski definition) is 1. The van der Waals surface area contributed by atoms with Crippen molar-refractivity contribution in [3.05, 3.63) is 23.3 Å². The number of likely N-dealkylation sites (tertiary alicyclic amines) is 1. The topological polar surface area (TPSA) is 62.2 Å². The van der Waals surface area contributed by atoms with Crippen LogP contribution in [0.15, 0.2) is 12.1 Å². The average molecular weight is 336 g/mol. The Labute approximate surface area is 144 Å². The lowest BCUT2D eigenvalue weighted by Crippen LogP contribution is -2.28. The number of amides is 1. The van der Waals surface area contributed by atoms with E-state index in [1.165, 1.54) is 0 Å².